The van der Waals surface area contributed by atoms with Crippen LogP contribution in [0.2, 0.25) is 0 Å². The Balaban J connectivity index is 2.38. The number of rotatable bonds is 12. The minimum absolute atomic E-state index is 0.0312. The Morgan fingerprint density at radius 2 is 1.94 bits per heavy atom. The number of methoxy groups -OCH3 is 1. The van der Waals surface area contributed by atoms with Crippen molar-refractivity contribution < 1.29 is 19.4 Å². The van der Waals surface area contributed by atoms with Crippen molar-refractivity contribution in [3.05, 3.63) is 35.7 Å². The van der Waals surface area contributed by atoms with E-state index in [2.05, 4.69) is 17.6 Å². The first-order chi connectivity index (χ1) is 16.1. The largest absolute Gasteiger partial charge is 0.505 e. The zero-order valence-electron chi connectivity index (χ0n) is 21.7. The number of nitrogens with zero attached hydrogens (tertiary/aromatic N) is 1. The summed E-state index contributed by atoms with van der Waals surface area (Å²) in [5.74, 6) is -0.115. The molecule has 190 valence electrons. The third kappa shape index (κ3) is 7.23. The van der Waals surface area contributed by atoms with Gasteiger partial charge in [0.05, 0.1) is 23.6 Å². The number of hydrogen-bond donors (Lipinski definition) is 3. The van der Waals surface area contributed by atoms with Gasteiger partial charge < -0.3 is 25.4 Å². The standard InChI is InChI=1S/C27H43N3O4/c1-7-8-16-27(2,3)25(32)23(17-28-21-14-10-9-12-19(21)18-34-6)29-22-15-11-13-20(24(22)31)26(33)30(4)5/h11,13,15,17,19,21,28-29,31H,7-10,12,14,16,18H2,1-6H3. The molecule has 1 aromatic rings. The molecule has 0 aliphatic heterocycles. The molecule has 0 bridgehead atoms. The minimum atomic E-state index is -0.568. The van der Waals surface area contributed by atoms with E-state index in [-0.39, 0.29) is 29.0 Å². The number of hydrogen-bond acceptors (Lipinski definition) is 6. The van der Waals surface area contributed by atoms with Crippen LogP contribution in [0.3, 0.4) is 0 Å². The van der Waals surface area contributed by atoms with Gasteiger partial charge in [-0.3, -0.25) is 9.59 Å². The predicted octanol–water partition coefficient (Wildman–Crippen LogP) is 4.93. The Morgan fingerprint density at radius 1 is 1.24 bits per heavy atom. The molecular weight excluding hydrogens is 430 g/mol. The zero-order chi connectivity index (χ0) is 25.3. The van der Waals surface area contributed by atoms with Crippen LogP contribution in [0.5, 0.6) is 5.75 Å². The van der Waals surface area contributed by atoms with Gasteiger partial charge in [-0.25, -0.2) is 0 Å². The highest BCUT2D eigenvalue weighted by molar-refractivity contribution is 6.03. The van der Waals surface area contributed by atoms with Crippen LogP contribution in [0.4, 0.5) is 5.69 Å². The first kappa shape index (κ1) is 27.7. The molecule has 1 saturated carbocycles. The number of Topliss-reactive ketones (excluding diaryl/α,β-unsaturated/α-hetero) is 1. The summed E-state index contributed by atoms with van der Waals surface area (Å²) in [7, 11) is 4.99. The monoisotopic (exact) mass is 473 g/mol. The van der Waals surface area contributed by atoms with E-state index in [1.54, 1.807) is 45.6 Å². The molecule has 2 rings (SSSR count). The summed E-state index contributed by atoms with van der Waals surface area (Å²) in [4.78, 5) is 27.5. The van der Waals surface area contributed by atoms with Crippen molar-refractivity contribution in [3.63, 3.8) is 0 Å². The summed E-state index contributed by atoms with van der Waals surface area (Å²) >= 11 is 0. The Morgan fingerprint density at radius 3 is 2.59 bits per heavy atom. The minimum Gasteiger partial charge on any atom is -0.505 e. The lowest BCUT2D eigenvalue weighted by atomic mass is 9.81. The van der Waals surface area contributed by atoms with Crippen molar-refractivity contribution in [1.82, 2.24) is 10.2 Å². The molecule has 0 spiro atoms. The lowest BCUT2D eigenvalue weighted by Crippen LogP contribution is -2.39. The molecule has 1 fully saturated rings. The highest BCUT2D eigenvalue weighted by Crippen LogP contribution is 2.33. The summed E-state index contributed by atoms with van der Waals surface area (Å²) in [5, 5.41) is 17.5. The molecule has 3 N–H and O–H groups in total. The van der Waals surface area contributed by atoms with Crippen molar-refractivity contribution >= 4 is 17.4 Å². The molecule has 34 heavy (non-hydrogen) atoms. The molecule has 1 aromatic carbocycles. The summed E-state index contributed by atoms with van der Waals surface area (Å²) in [5.41, 5.74) is 0.333. The van der Waals surface area contributed by atoms with Crippen LogP contribution in [0.1, 0.15) is 76.1 Å². The number of aromatic hydroxyl groups is 1. The van der Waals surface area contributed by atoms with E-state index in [0.717, 1.165) is 38.5 Å². The number of nitrogens with one attached hydrogen (secondary N) is 2. The Kier molecular flexibility index (Phi) is 10.4. The van der Waals surface area contributed by atoms with Crippen LogP contribution < -0.4 is 10.6 Å². The average Bonchev–Trinajstić information content (AvgIpc) is 2.81. The molecule has 2 unspecified atom stereocenters. The van der Waals surface area contributed by atoms with E-state index in [0.29, 0.717) is 23.9 Å². The highest BCUT2D eigenvalue weighted by Gasteiger charge is 2.31. The summed E-state index contributed by atoms with van der Waals surface area (Å²) in [6.45, 7) is 6.71. The third-order valence-corrected chi connectivity index (χ3v) is 6.69. The van der Waals surface area contributed by atoms with Crippen molar-refractivity contribution in [2.45, 2.75) is 71.8 Å². The van der Waals surface area contributed by atoms with Crippen LogP contribution in [0.15, 0.2) is 30.1 Å². The molecule has 0 heterocycles. The number of phenols is 1. The number of carbonyl (C=O) groups is 2. The smallest absolute Gasteiger partial charge is 0.257 e. The number of amides is 1. The second-order valence-electron chi connectivity index (χ2n) is 10.2. The second kappa shape index (κ2) is 12.8. The van der Waals surface area contributed by atoms with E-state index < -0.39 is 5.41 Å². The van der Waals surface area contributed by atoms with Gasteiger partial charge in [0.25, 0.3) is 5.91 Å². The highest BCUT2D eigenvalue weighted by atomic mass is 16.5. The molecule has 0 radical (unpaired) electrons. The number of allylic oxidation sites excluding steroid dienone is 1. The van der Waals surface area contributed by atoms with E-state index in [4.69, 9.17) is 4.74 Å². The second-order valence-corrected chi connectivity index (χ2v) is 10.2. The fourth-order valence-corrected chi connectivity index (χ4v) is 4.49. The first-order valence-corrected chi connectivity index (χ1v) is 12.4. The number of phenolic OH excluding ortho intramolecular Hbond substituents is 1. The number of unbranched alkanes of at least 4 members (excludes halogenated alkanes) is 1. The van der Waals surface area contributed by atoms with Gasteiger partial charge in [-0.15, -0.1) is 0 Å². The Hall–Kier alpha value is -2.54. The Bertz CT molecular complexity index is 861. The van der Waals surface area contributed by atoms with Gasteiger partial charge in [0.15, 0.2) is 11.5 Å². The molecule has 1 aliphatic rings. The van der Waals surface area contributed by atoms with E-state index in [1.807, 2.05) is 13.8 Å². The van der Waals surface area contributed by atoms with E-state index in [1.165, 1.54) is 11.3 Å². The number of carbonyl (C=O) groups excluding carboxylic acids is 2. The molecule has 0 aromatic heterocycles. The SMILES string of the molecule is CCCCC(C)(C)C(=O)C(=CNC1CCCCC1COC)Nc1cccc(C(=O)N(C)C)c1O. The van der Waals surface area contributed by atoms with Crippen LogP contribution in [-0.4, -0.2) is 55.6 Å². The molecule has 0 saturated heterocycles. The van der Waals surface area contributed by atoms with Gasteiger partial charge >= 0.3 is 0 Å². The summed E-state index contributed by atoms with van der Waals surface area (Å²) < 4.78 is 5.42. The maximum atomic E-state index is 13.6. The Labute approximate surface area is 204 Å². The van der Waals surface area contributed by atoms with Gasteiger partial charge in [0.1, 0.15) is 0 Å². The van der Waals surface area contributed by atoms with Gasteiger partial charge in [0.2, 0.25) is 0 Å². The topological polar surface area (TPSA) is 90.9 Å². The molecule has 7 heteroatoms. The van der Waals surface area contributed by atoms with Gasteiger partial charge in [0, 0.05) is 44.8 Å². The van der Waals surface area contributed by atoms with Gasteiger partial charge in [-0.05, 0) is 31.4 Å². The van der Waals surface area contributed by atoms with Gasteiger partial charge in [-0.1, -0.05) is 52.5 Å². The van der Waals surface area contributed by atoms with Crippen LogP contribution in [0.25, 0.3) is 0 Å². The molecule has 2 atom stereocenters. The van der Waals surface area contributed by atoms with Crippen molar-refractivity contribution in [3.8, 4) is 5.75 Å². The molecular formula is C27H43N3O4. The maximum absolute atomic E-state index is 13.6. The van der Waals surface area contributed by atoms with Gasteiger partial charge in [-0.2, -0.15) is 0 Å². The van der Waals surface area contributed by atoms with E-state index >= 15 is 0 Å². The quantitative estimate of drug-likeness (QED) is 0.295. The van der Waals surface area contributed by atoms with Crippen molar-refractivity contribution in [2.75, 3.05) is 33.1 Å². The number of para-hydroxylation sites is 1. The normalized spacial score (nSPS) is 18.9. The average molecular weight is 474 g/mol. The zero-order valence-corrected chi connectivity index (χ0v) is 21.7. The lowest BCUT2D eigenvalue weighted by molar-refractivity contribution is -0.123. The first-order valence-electron chi connectivity index (χ1n) is 12.4. The van der Waals surface area contributed by atoms with E-state index in [9.17, 15) is 14.7 Å². The van der Waals surface area contributed by atoms with Crippen LogP contribution in [-0.2, 0) is 9.53 Å². The lowest BCUT2D eigenvalue weighted by Gasteiger charge is -2.32. The number of ether oxygens (including phenoxy) is 1. The number of benzene rings is 1. The predicted molar refractivity (Wildman–Crippen MR) is 137 cm³/mol. The fourth-order valence-electron chi connectivity index (χ4n) is 4.49. The third-order valence-electron chi connectivity index (χ3n) is 6.69. The van der Waals surface area contributed by atoms with Crippen molar-refractivity contribution in [2.24, 2.45) is 11.3 Å². The number of anilines is 1. The number of ketones is 1. The van der Waals surface area contributed by atoms with Crippen LogP contribution >= 0.6 is 0 Å². The molecule has 7 nitrogen and oxygen atoms in total. The maximum Gasteiger partial charge on any atom is 0.257 e. The summed E-state index contributed by atoms with van der Waals surface area (Å²) in [6.07, 6.45) is 8.92. The summed E-state index contributed by atoms with van der Waals surface area (Å²) in [6, 6.07) is 5.17. The van der Waals surface area contributed by atoms with Crippen LogP contribution in [0, 0.1) is 11.3 Å². The molecule has 1 aliphatic carbocycles. The molecule has 1 amide bonds. The van der Waals surface area contributed by atoms with Crippen molar-refractivity contribution in [1.29, 1.82) is 0 Å². The fraction of sp³-hybridized carbons (Fsp3) is 0.630.